The lowest BCUT2D eigenvalue weighted by Gasteiger charge is -2.13. The topological polar surface area (TPSA) is 59.0 Å². The summed E-state index contributed by atoms with van der Waals surface area (Å²) in [5, 5.41) is 9.57. The molecule has 0 aliphatic heterocycles. The van der Waals surface area contributed by atoms with E-state index in [1.165, 1.54) is 12.0 Å². The zero-order valence-electron chi connectivity index (χ0n) is 9.81. The third kappa shape index (κ3) is 3.33. The van der Waals surface area contributed by atoms with Gasteiger partial charge in [-0.25, -0.2) is 0 Å². The summed E-state index contributed by atoms with van der Waals surface area (Å²) in [6.07, 6.45) is 0. The molecule has 7 heteroatoms. The van der Waals surface area contributed by atoms with Crippen LogP contribution in [0.5, 0.6) is 5.75 Å². The number of benzene rings is 1. The van der Waals surface area contributed by atoms with Gasteiger partial charge in [0.1, 0.15) is 5.75 Å². The summed E-state index contributed by atoms with van der Waals surface area (Å²) in [7, 11) is 3.74. The van der Waals surface area contributed by atoms with Gasteiger partial charge in [0.15, 0.2) is 0 Å². The van der Waals surface area contributed by atoms with Crippen LogP contribution in [0.1, 0.15) is 10.4 Å². The molecule has 1 N–H and O–H groups in total. The Balaban J connectivity index is 3.13. The molecule has 5 nitrogen and oxygen atoms in total. The van der Waals surface area contributed by atoms with Gasteiger partial charge in [0.05, 0.1) is 30.1 Å². The first kappa shape index (κ1) is 14.3. The highest BCUT2D eigenvalue weighted by atomic mass is 127. The molecule has 0 atom stereocenters. The monoisotopic (exact) mass is 349 g/mol. The predicted molar refractivity (Wildman–Crippen MR) is 73.7 cm³/mol. The van der Waals surface area contributed by atoms with Gasteiger partial charge < -0.3 is 17.6 Å². The summed E-state index contributed by atoms with van der Waals surface area (Å²) >= 11 is 1.60. The van der Waals surface area contributed by atoms with Gasteiger partial charge in [0.2, 0.25) is 0 Å². The van der Waals surface area contributed by atoms with E-state index in [-0.39, 0.29) is 5.91 Å². The van der Waals surface area contributed by atoms with E-state index in [0.29, 0.717) is 16.8 Å². The predicted octanol–water partition coefficient (Wildman–Crippen LogP) is 0.451. The van der Waals surface area contributed by atoms with Crippen molar-refractivity contribution in [2.24, 2.45) is 0 Å². The van der Waals surface area contributed by atoms with Gasteiger partial charge >= 0.3 is 7.12 Å². The Kier molecular flexibility index (Phi) is 5.22. The summed E-state index contributed by atoms with van der Waals surface area (Å²) in [6, 6.07) is 4.81. The van der Waals surface area contributed by atoms with Crippen LogP contribution in [0.2, 0.25) is 0 Å². The molecule has 17 heavy (non-hydrogen) atoms. The van der Waals surface area contributed by atoms with Crippen LogP contribution in [-0.4, -0.2) is 44.2 Å². The molecular formula is C10H13BINO4. The third-order valence-electron chi connectivity index (χ3n) is 2.24. The molecule has 0 fully saturated rings. The molecule has 92 valence electrons. The SMILES string of the molecule is COc1cc(C(=O)N(C)C)ccc1B(O)OI. The lowest BCUT2D eigenvalue weighted by molar-refractivity contribution is 0.0827. The Labute approximate surface area is 115 Å². The van der Waals surface area contributed by atoms with Crippen LogP contribution in [0.4, 0.5) is 0 Å². The quantitative estimate of drug-likeness (QED) is 0.634. The number of hydrogen-bond acceptors (Lipinski definition) is 4. The van der Waals surface area contributed by atoms with Gasteiger partial charge in [-0.05, 0) is 12.1 Å². The Bertz CT molecular complexity index is 413. The second-order valence-electron chi connectivity index (χ2n) is 3.60. The van der Waals surface area contributed by atoms with Crippen LogP contribution in [0.3, 0.4) is 0 Å². The van der Waals surface area contributed by atoms with E-state index in [1.54, 1.807) is 55.3 Å². The molecule has 0 aliphatic rings. The van der Waals surface area contributed by atoms with Gasteiger partial charge in [-0.1, -0.05) is 6.07 Å². The van der Waals surface area contributed by atoms with E-state index in [9.17, 15) is 9.82 Å². The highest BCUT2D eigenvalue weighted by Gasteiger charge is 2.22. The van der Waals surface area contributed by atoms with Gasteiger partial charge in [-0.2, -0.15) is 0 Å². The first-order chi connectivity index (χ1) is 8.01. The number of rotatable bonds is 4. The summed E-state index contributed by atoms with van der Waals surface area (Å²) in [4.78, 5) is 13.2. The van der Waals surface area contributed by atoms with E-state index in [4.69, 9.17) is 7.72 Å². The highest BCUT2D eigenvalue weighted by molar-refractivity contribution is 14.1. The van der Waals surface area contributed by atoms with Crippen LogP contribution < -0.4 is 10.2 Å². The maximum absolute atomic E-state index is 11.7. The second kappa shape index (κ2) is 6.22. The van der Waals surface area contributed by atoms with Crippen LogP contribution in [0, 0.1) is 0 Å². The van der Waals surface area contributed by atoms with Crippen molar-refractivity contribution in [2.45, 2.75) is 0 Å². The first-order valence-corrected chi connectivity index (χ1v) is 5.74. The minimum Gasteiger partial charge on any atom is -0.497 e. The van der Waals surface area contributed by atoms with Crippen LogP contribution >= 0.6 is 23.0 Å². The standard InChI is InChI=1S/C10H13BINO4/c1-13(2)10(14)7-4-5-8(11(15)17-12)9(6-7)16-3/h4-6,15H,1-3H3. The molecule has 0 bridgehead atoms. The molecule has 1 amide bonds. The maximum atomic E-state index is 11.7. The lowest BCUT2D eigenvalue weighted by atomic mass is 9.79. The number of amides is 1. The first-order valence-electron chi connectivity index (χ1n) is 4.86. The minimum absolute atomic E-state index is 0.125. The molecular weight excluding hydrogens is 336 g/mol. The van der Waals surface area contributed by atoms with Crippen molar-refractivity contribution in [3.8, 4) is 5.75 Å². The number of halogens is 1. The van der Waals surface area contributed by atoms with Crippen molar-refractivity contribution in [1.29, 1.82) is 0 Å². The molecule has 0 aromatic heterocycles. The largest absolute Gasteiger partial charge is 0.504 e. The van der Waals surface area contributed by atoms with E-state index in [0.717, 1.165) is 0 Å². The molecule has 0 saturated carbocycles. The molecule has 0 radical (unpaired) electrons. The van der Waals surface area contributed by atoms with Crippen molar-refractivity contribution in [3.05, 3.63) is 23.8 Å². The number of ether oxygens (including phenoxy) is 1. The fourth-order valence-corrected chi connectivity index (χ4v) is 1.63. The van der Waals surface area contributed by atoms with Crippen LogP contribution in [0.25, 0.3) is 0 Å². The summed E-state index contributed by atoms with van der Waals surface area (Å²) in [5.74, 6) is 0.293. The van der Waals surface area contributed by atoms with Gasteiger partial charge in [-0.15, -0.1) is 0 Å². The van der Waals surface area contributed by atoms with Crippen molar-refractivity contribution in [3.63, 3.8) is 0 Å². The van der Waals surface area contributed by atoms with Gasteiger partial charge in [-0.3, -0.25) is 4.79 Å². The number of nitrogens with zero attached hydrogens (tertiary/aromatic N) is 1. The van der Waals surface area contributed by atoms with E-state index >= 15 is 0 Å². The minimum atomic E-state index is -1.07. The van der Waals surface area contributed by atoms with Gasteiger partial charge in [0.25, 0.3) is 5.91 Å². The van der Waals surface area contributed by atoms with Crippen molar-refractivity contribution in [2.75, 3.05) is 21.2 Å². The third-order valence-corrected chi connectivity index (χ3v) is 2.72. The zero-order chi connectivity index (χ0) is 13.0. The zero-order valence-corrected chi connectivity index (χ0v) is 12.0. The van der Waals surface area contributed by atoms with Crippen molar-refractivity contribution in [1.82, 2.24) is 4.90 Å². The molecule has 0 spiro atoms. The summed E-state index contributed by atoms with van der Waals surface area (Å²) in [6.45, 7) is 0. The van der Waals surface area contributed by atoms with Crippen molar-refractivity contribution >= 4 is 41.5 Å². The van der Waals surface area contributed by atoms with E-state index in [1.807, 2.05) is 0 Å². The number of carbonyl (C=O) groups is 1. The van der Waals surface area contributed by atoms with E-state index < -0.39 is 7.12 Å². The Morgan fingerprint density at radius 2 is 2.12 bits per heavy atom. The molecule has 0 unspecified atom stereocenters. The maximum Gasteiger partial charge on any atom is 0.504 e. The molecule has 0 saturated heterocycles. The number of hydrogen-bond donors (Lipinski definition) is 1. The average Bonchev–Trinajstić information content (AvgIpc) is 2.35. The Morgan fingerprint density at radius 3 is 2.59 bits per heavy atom. The van der Waals surface area contributed by atoms with Crippen LogP contribution in [0.15, 0.2) is 18.2 Å². The second-order valence-corrected chi connectivity index (χ2v) is 4.11. The van der Waals surface area contributed by atoms with Crippen molar-refractivity contribution < 1.29 is 17.5 Å². The Morgan fingerprint density at radius 1 is 1.47 bits per heavy atom. The Hall–Kier alpha value is -0.795. The van der Waals surface area contributed by atoms with E-state index in [2.05, 4.69) is 0 Å². The molecule has 1 rings (SSSR count). The number of carbonyl (C=O) groups excluding carboxylic acids is 1. The average molecular weight is 349 g/mol. The van der Waals surface area contributed by atoms with Gasteiger partial charge in [0, 0.05) is 25.1 Å². The molecule has 1 aromatic rings. The summed E-state index contributed by atoms with van der Waals surface area (Å²) < 4.78 is 9.90. The molecule has 0 aliphatic carbocycles. The highest BCUT2D eigenvalue weighted by Crippen LogP contribution is 2.13. The number of methoxy groups -OCH3 is 1. The molecule has 0 heterocycles. The lowest BCUT2D eigenvalue weighted by Crippen LogP contribution is -2.32. The fraction of sp³-hybridized carbons (Fsp3) is 0.300. The molecule has 1 aromatic carbocycles. The smallest absolute Gasteiger partial charge is 0.497 e. The normalized spacial score (nSPS) is 9.94. The summed E-state index contributed by atoms with van der Waals surface area (Å²) in [5.41, 5.74) is 0.980. The van der Waals surface area contributed by atoms with Crippen LogP contribution in [-0.2, 0) is 2.98 Å². The fourth-order valence-electron chi connectivity index (χ4n) is 1.35.